The molecule has 0 radical (unpaired) electrons. The Morgan fingerprint density at radius 3 is 1.47 bits per heavy atom. The number of nitrogens with two attached hydrogens (primary N) is 3. The summed E-state index contributed by atoms with van der Waals surface area (Å²) < 4.78 is 0. The molecular weight excluding hydrogens is 238 g/mol. The first-order valence-corrected chi connectivity index (χ1v) is 6.50. The average Bonchev–Trinajstić information content (AvgIpc) is 2.11. The molecule has 19 heavy (non-hydrogen) atoms. The average molecular weight is 265 g/mol. The molecule has 4 nitrogen and oxygen atoms in total. The van der Waals surface area contributed by atoms with Gasteiger partial charge in [-0.25, -0.2) is 0 Å². The van der Waals surface area contributed by atoms with Crippen LogP contribution in [0.3, 0.4) is 0 Å². The van der Waals surface area contributed by atoms with Gasteiger partial charge in [0.15, 0.2) is 0 Å². The molecule has 0 amide bonds. The Morgan fingerprint density at radius 2 is 1.16 bits per heavy atom. The molecule has 0 spiro atoms. The van der Waals surface area contributed by atoms with Crippen LogP contribution in [0.4, 0.5) is 0 Å². The second-order valence-corrected chi connectivity index (χ2v) is 7.05. The molecule has 0 atom stereocenters. The molecule has 0 aliphatic heterocycles. The van der Waals surface area contributed by atoms with Crippen LogP contribution in [0.5, 0.6) is 5.75 Å². The van der Waals surface area contributed by atoms with Crippen LogP contribution in [0, 0.1) is 0 Å². The lowest BCUT2D eigenvalue weighted by molar-refractivity contribution is 0.416. The van der Waals surface area contributed by atoms with Crippen molar-refractivity contribution in [3.63, 3.8) is 0 Å². The Balaban J connectivity index is 3.82. The summed E-state index contributed by atoms with van der Waals surface area (Å²) in [5, 5.41) is 10.2. The summed E-state index contributed by atoms with van der Waals surface area (Å²) in [6.07, 6.45) is 0. The molecule has 0 aromatic heterocycles. The predicted octanol–water partition coefficient (Wildman–Crippen LogP) is 1.97. The second-order valence-electron chi connectivity index (χ2n) is 7.05. The normalized spacial score (nSPS) is 13.7. The minimum atomic E-state index is -0.697. The van der Waals surface area contributed by atoms with Crippen molar-refractivity contribution in [3.05, 3.63) is 28.8 Å². The highest BCUT2D eigenvalue weighted by atomic mass is 16.3. The van der Waals surface area contributed by atoms with Gasteiger partial charge in [-0.2, -0.15) is 0 Å². The van der Waals surface area contributed by atoms with Crippen LogP contribution in [0.2, 0.25) is 0 Å². The van der Waals surface area contributed by atoms with E-state index in [1.54, 1.807) is 6.07 Å². The molecule has 1 rings (SSSR count). The van der Waals surface area contributed by atoms with Crippen LogP contribution >= 0.6 is 0 Å². The van der Waals surface area contributed by atoms with E-state index in [0.717, 1.165) is 11.1 Å². The molecule has 0 saturated carbocycles. The maximum Gasteiger partial charge on any atom is 0.120 e. The van der Waals surface area contributed by atoms with Crippen molar-refractivity contribution in [2.45, 2.75) is 58.2 Å². The summed E-state index contributed by atoms with van der Waals surface area (Å²) in [5.41, 5.74) is 19.3. The van der Waals surface area contributed by atoms with Gasteiger partial charge in [-0.1, -0.05) is 6.07 Å². The van der Waals surface area contributed by atoms with Gasteiger partial charge in [0, 0.05) is 22.2 Å². The first-order valence-electron chi connectivity index (χ1n) is 6.50. The highest BCUT2D eigenvalue weighted by Gasteiger charge is 2.34. The lowest BCUT2D eigenvalue weighted by Crippen LogP contribution is -2.41. The fourth-order valence-electron chi connectivity index (χ4n) is 2.45. The van der Waals surface area contributed by atoms with Crippen molar-refractivity contribution in [2.75, 3.05) is 0 Å². The fourth-order valence-corrected chi connectivity index (χ4v) is 2.45. The summed E-state index contributed by atoms with van der Waals surface area (Å²) in [4.78, 5) is 0. The molecule has 108 valence electrons. The number of phenolic OH excluding ortho intramolecular Hbond substituents is 1. The van der Waals surface area contributed by atoms with E-state index in [2.05, 4.69) is 0 Å². The molecule has 0 bridgehead atoms. The first kappa shape index (κ1) is 16.0. The van der Waals surface area contributed by atoms with Crippen molar-refractivity contribution >= 4 is 0 Å². The lowest BCUT2D eigenvalue weighted by Gasteiger charge is -2.36. The van der Waals surface area contributed by atoms with Gasteiger partial charge in [-0.05, 0) is 58.7 Å². The Kier molecular flexibility index (Phi) is 3.76. The van der Waals surface area contributed by atoms with Crippen LogP contribution in [0.25, 0.3) is 0 Å². The smallest absolute Gasteiger partial charge is 0.120 e. The van der Waals surface area contributed by atoms with E-state index in [0.29, 0.717) is 5.56 Å². The summed E-state index contributed by atoms with van der Waals surface area (Å²) in [6.45, 7) is 11.3. The molecule has 7 N–H and O–H groups in total. The molecular formula is C15H27N3O. The fraction of sp³-hybridized carbons (Fsp3) is 0.600. The highest BCUT2D eigenvalue weighted by Crippen LogP contribution is 2.40. The van der Waals surface area contributed by atoms with Crippen molar-refractivity contribution < 1.29 is 5.11 Å². The van der Waals surface area contributed by atoms with Gasteiger partial charge in [-0.15, -0.1) is 0 Å². The van der Waals surface area contributed by atoms with Crippen LogP contribution in [0.15, 0.2) is 12.1 Å². The summed E-state index contributed by atoms with van der Waals surface area (Å²) in [7, 11) is 0. The third-order valence-electron chi connectivity index (χ3n) is 3.17. The van der Waals surface area contributed by atoms with Gasteiger partial charge in [0.1, 0.15) is 5.75 Å². The Bertz CT molecular complexity index is 474. The van der Waals surface area contributed by atoms with E-state index >= 15 is 0 Å². The monoisotopic (exact) mass is 265 g/mol. The third-order valence-corrected chi connectivity index (χ3v) is 3.17. The lowest BCUT2D eigenvalue weighted by atomic mass is 9.75. The van der Waals surface area contributed by atoms with E-state index in [4.69, 9.17) is 17.2 Å². The molecule has 0 aliphatic carbocycles. The highest BCUT2D eigenvalue weighted by molar-refractivity contribution is 5.52. The summed E-state index contributed by atoms with van der Waals surface area (Å²) >= 11 is 0. The molecule has 0 heterocycles. The van der Waals surface area contributed by atoms with Gasteiger partial charge in [0.25, 0.3) is 0 Å². The maximum absolute atomic E-state index is 10.2. The second kappa shape index (κ2) is 4.47. The minimum absolute atomic E-state index is 0.161. The van der Waals surface area contributed by atoms with Crippen LogP contribution in [0.1, 0.15) is 58.2 Å². The molecule has 0 saturated heterocycles. The topological polar surface area (TPSA) is 98.3 Å². The zero-order valence-electron chi connectivity index (χ0n) is 12.8. The number of aromatic hydroxyl groups is 1. The van der Waals surface area contributed by atoms with Gasteiger partial charge in [0.05, 0.1) is 0 Å². The minimum Gasteiger partial charge on any atom is -0.508 e. The number of hydrogen-bond acceptors (Lipinski definition) is 4. The molecule has 0 unspecified atom stereocenters. The van der Waals surface area contributed by atoms with Crippen LogP contribution in [-0.2, 0) is 16.6 Å². The van der Waals surface area contributed by atoms with Gasteiger partial charge >= 0.3 is 0 Å². The van der Waals surface area contributed by atoms with Crippen molar-refractivity contribution in [1.82, 2.24) is 0 Å². The van der Waals surface area contributed by atoms with E-state index in [1.165, 1.54) is 0 Å². The third kappa shape index (κ3) is 3.26. The summed E-state index contributed by atoms with van der Waals surface area (Å²) in [6, 6.07) is 3.47. The number of benzene rings is 1. The van der Waals surface area contributed by atoms with Crippen molar-refractivity contribution in [2.24, 2.45) is 17.2 Å². The Labute approximate surface area is 116 Å². The molecule has 4 heteroatoms. The molecule has 0 fully saturated rings. The SMILES string of the molecule is CC(C)(N)c1ccc(O)c(C(C)(C)N)c1C(C)(C)N. The summed E-state index contributed by atoms with van der Waals surface area (Å²) in [5.74, 6) is 0.161. The van der Waals surface area contributed by atoms with Crippen molar-refractivity contribution in [3.8, 4) is 5.75 Å². The van der Waals surface area contributed by atoms with Gasteiger partial charge in [0.2, 0.25) is 0 Å². The van der Waals surface area contributed by atoms with E-state index in [1.807, 2.05) is 47.6 Å². The zero-order valence-corrected chi connectivity index (χ0v) is 12.8. The zero-order chi connectivity index (χ0) is 15.2. The maximum atomic E-state index is 10.2. The van der Waals surface area contributed by atoms with E-state index in [9.17, 15) is 5.11 Å². The number of hydrogen-bond donors (Lipinski definition) is 4. The Hall–Kier alpha value is -1.10. The van der Waals surface area contributed by atoms with Gasteiger partial charge < -0.3 is 22.3 Å². The van der Waals surface area contributed by atoms with E-state index in [-0.39, 0.29) is 5.75 Å². The molecule has 1 aromatic rings. The van der Waals surface area contributed by atoms with Crippen LogP contribution in [-0.4, -0.2) is 5.11 Å². The standard InChI is InChI=1S/C15H27N3O/c1-13(2,16)9-7-8-10(19)12(15(5,6)18)11(9)14(3,4)17/h7-8,19H,16-18H2,1-6H3. The van der Waals surface area contributed by atoms with Gasteiger partial charge in [-0.3, -0.25) is 0 Å². The Morgan fingerprint density at radius 1 is 0.737 bits per heavy atom. The largest absolute Gasteiger partial charge is 0.508 e. The number of rotatable bonds is 3. The van der Waals surface area contributed by atoms with Crippen LogP contribution < -0.4 is 17.2 Å². The number of phenols is 1. The predicted molar refractivity (Wildman–Crippen MR) is 79.7 cm³/mol. The quantitative estimate of drug-likeness (QED) is 0.671. The van der Waals surface area contributed by atoms with Crippen molar-refractivity contribution in [1.29, 1.82) is 0 Å². The van der Waals surface area contributed by atoms with E-state index < -0.39 is 16.6 Å². The molecule has 1 aromatic carbocycles. The molecule has 0 aliphatic rings. The first-order chi connectivity index (χ1) is 8.26.